The average molecular weight is 311 g/mol. The van der Waals surface area contributed by atoms with E-state index < -0.39 is 5.82 Å². The van der Waals surface area contributed by atoms with Gasteiger partial charge in [-0.05, 0) is 31.0 Å². The molecular formula is C18H18FN3O. The number of aromatic nitrogens is 2. The predicted octanol–water partition coefficient (Wildman–Crippen LogP) is 3.53. The molecule has 3 aromatic rings. The predicted molar refractivity (Wildman–Crippen MR) is 86.9 cm³/mol. The number of hydrogen-bond acceptors (Lipinski definition) is 2. The number of amides is 1. The zero-order chi connectivity index (χ0) is 16.4. The van der Waals surface area contributed by atoms with Crippen LogP contribution in [0.25, 0.3) is 5.65 Å². The molecule has 0 aliphatic heterocycles. The van der Waals surface area contributed by atoms with Crippen LogP contribution < -0.4 is 5.32 Å². The maximum Gasteiger partial charge on any atom is 0.270 e. The molecule has 3 rings (SSSR count). The van der Waals surface area contributed by atoms with Gasteiger partial charge in [0.05, 0.1) is 11.7 Å². The molecule has 0 aliphatic carbocycles. The minimum Gasteiger partial charge on any atom is -0.344 e. The number of pyridine rings is 1. The van der Waals surface area contributed by atoms with E-state index in [1.54, 1.807) is 6.07 Å². The molecule has 0 spiro atoms. The van der Waals surface area contributed by atoms with E-state index in [2.05, 4.69) is 10.3 Å². The van der Waals surface area contributed by atoms with Gasteiger partial charge >= 0.3 is 0 Å². The van der Waals surface area contributed by atoms with Crippen LogP contribution in [-0.2, 0) is 6.42 Å². The first-order valence-electron chi connectivity index (χ1n) is 7.62. The molecule has 2 heterocycles. The molecule has 1 unspecified atom stereocenters. The lowest BCUT2D eigenvalue weighted by Gasteiger charge is -2.14. The Labute approximate surface area is 134 Å². The fraction of sp³-hybridized carbons (Fsp3) is 0.222. The van der Waals surface area contributed by atoms with Crippen LogP contribution in [0, 0.1) is 5.82 Å². The fourth-order valence-electron chi connectivity index (χ4n) is 2.64. The lowest BCUT2D eigenvalue weighted by Crippen LogP contribution is -2.28. The van der Waals surface area contributed by atoms with Crippen LogP contribution in [0.3, 0.4) is 0 Å². The number of rotatable bonds is 4. The van der Waals surface area contributed by atoms with Crippen molar-refractivity contribution in [1.29, 1.82) is 0 Å². The summed E-state index contributed by atoms with van der Waals surface area (Å²) in [6, 6.07) is 12.5. The molecule has 4 nitrogen and oxygen atoms in total. The lowest BCUT2D eigenvalue weighted by atomic mass is 10.1. The molecule has 1 amide bonds. The summed E-state index contributed by atoms with van der Waals surface area (Å²) < 4.78 is 15.1. The van der Waals surface area contributed by atoms with Gasteiger partial charge in [0.2, 0.25) is 0 Å². The highest BCUT2D eigenvalue weighted by molar-refractivity contribution is 5.95. The van der Waals surface area contributed by atoms with Gasteiger partial charge in [-0.3, -0.25) is 9.20 Å². The van der Waals surface area contributed by atoms with Crippen molar-refractivity contribution in [2.45, 2.75) is 26.3 Å². The third-order valence-corrected chi connectivity index (χ3v) is 3.85. The monoisotopic (exact) mass is 311 g/mol. The Hall–Kier alpha value is -2.69. The van der Waals surface area contributed by atoms with Gasteiger partial charge in [0.1, 0.15) is 17.2 Å². The highest BCUT2D eigenvalue weighted by atomic mass is 19.1. The summed E-state index contributed by atoms with van der Waals surface area (Å²) in [6.45, 7) is 3.85. The van der Waals surface area contributed by atoms with Crippen molar-refractivity contribution < 1.29 is 9.18 Å². The van der Waals surface area contributed by atoms with E-state index in [1.807, 2.05) is 44.2 Å². The van der Waals surface area contributed by atoms with Crippen molar-refractivity contribution >= 4 is 11.6 Å². The number of nitrogens with zero attached hydrogens (tertiary/aromatic N) is 2. The van der Waals surface area contributed by atoms with Gasteiger partial charge in [-0.15, -0.1) is 0 Å². The molecule has 0 radical (unpaired) electrons. The van der Waals surface area contributed by atoms with Gasteiger partial charge in [0.15, 0.2) is 0 Å². The Morgan fingerprint density at radius 2 is 2.00 bits per heavy atom. The number of aryl methyl sites for hydroxylation is 1. The summed E-state index contributed by atoms with van der Waals surface area (Å²) in [5, 5.41) is 2.96. The number of halogens is 1. The third kappa shape index (κ3) is 2.95. The molecule has 2 aromatic heterocycles. The van der Waals surface area contributed by atoms with E-state index >= 15 is 0 Å². The summed E-state index contributed by atoms with van der Waals surface area (Å²) in [6.07, 6.45) is 1.90. The van der Waals surface area contributed by atoms with Crippen LogP contribution in [0.4, 0.5) is 4.39 Å². The Balaban J connectivity index is 1.95. The first-order valence-corrected chi connectivity index (χ1v) is 7.62. The number of carbonyl (C=O) groups is 1. The molecule has 1 N–H and O–H groups in total. The van der Waals surface area contributed by atoms with Crippen molar-refractivity contribution in [3.05, 3.63) is 71.4 Å². The minimum absolute atomic E-state index is 0.146. The molecular weight excluding hydrogens is 293 g/mol. The van der Waals surface area contributed by atoms with Crippen LogP contribution in [-0.4, -0.2) is 15.3 Å². The summed E-state index contributed by atoms with van der Waals surface area (Å²) in [4.78, 5) is 17.1. The van der Waals surface area contributed by atoms with Crippen molar-refractivity contribution in [3.8, 4) is 0 Å². The molecule has 0 saturated carbocycles. The second-order valence-electron chi connectivity index (χ2n) is 5.44. The Morgan fingerprint density at radius 1 is 1.26 bits per heavy atom. The number of hydrogen-bond donors (Lipinski definition) is 1. The number of carbonyl (C=O) groups excluding carboxylic acids is 1. The SMILES string of the molecule is CCc1nc2ccc(F)cn2c1C(=O)NC(C)c1ccccc1. The highest BCUT2D eigenvalue weighted by Gasteiger charge is 2.20. The average Bonchev–Trinajstić information content (AvgIpc) is 2.93. The molecule has 5 heteroatoms. The maximum atomic E-state index is 13.5. The molecule has 0 fully saturated rings. The van der Waals surface area contributed by atoms with Crippen molar-refractivity contribution in [1.82, 2.24) is 14.7 Å². The topological polar surface area (TPSA) is 46.4 Å². The van der Waals surface area contributed by atoms with E-state index in [1.165, 1.54) is 16.7 Å². The smallest absolute Gasteiger partial charge is 0.270 e. The fourth-order valence-corrected chi connectivity index (χ4v) is 2.64. The molecule has 23 heavy (non-hydrogen) atoms. The van der Waals surface area contributed by atoms with Crippen LogP contribution in [0.2, 0.25) is 0 Å². The molecule has 1 atom stereocenters. The zero-order valence-corrected chi connectivity index (χ0v) is 13.1. The van der Waals surface area contributed by atoms with Gasteiger partial charge in [-0.2, -0.15) is 0 Å². The largest absolute Gasteiger partial charge is 0.344 e. The maximum absolute atomic E-state index is 13.5. The molecule has 1 aromatic carbocycles. The van der Waals surface area contributed by atoms with Crippen LogP contribution >= 0.6 is 0 Å². The van der Waals surface area contributed by atoms with Crippen molar-refractivity contribution in [3.63, 3.8) is 0 Å². The summed E-state index contributed by atoms with van der Waals surface area (Å²) >= 11 is 0. The number of fused-ring (bicyclic) bond motifs is 1. The molecule has 0 aliphatic rings. The van der Waals surface area contributed by atoms with Crippen LogP contribution in [0.15, 0.2) is 48.7 Å². The lowest BCUT2D eigenvalue weighted by molar-refractivity contribution is 0.0933. The van der Waals surface area contributed by atoms with E-state index in [9.17, 15) is 9.18 Å². The molecule has 118 valence electrons. The number of nitrogens with one attached hydrogen (secondary N) is 1. The highest BCUT2D eigenvalue weighted by Crippen LogP contribution is 2.17. The standard InChI is InChI=1S/C18H18FN3O/c1-3-15-17(22-11-14(19)9-10-16(22)21-15)18(23)20-12(2)13-7-5-4-6-8-13/h4-12H,3H2,1-2H3,(H,20,23). The van der Waals surface area contributed by atoms with E-state index in [-0.39, 0.29) is 11.9 Å². The van der Waals surface area contributed by atoms with Gasteiger partial charge in [-0.25, -0.2) is 9.37 Å². The molecule has 0 bridgehead atoms. The Kier molecular flexibility index (Phi) is 4.10. The first-order chi connectivity index (χ1) is 11.1. The van der Waals surface area contributed by atoms with Gasteiger partial charge in [0.25, 0.3) is 5.91 Å². The Bertz CT molecular complexity index is 842. The Morgan fingerprint density at radius 3 is 2.70 bits per heavy atom. The zero-order valence-electron chi connectivity index (χ0n) is 13.1. The summed E-state index contributed by atoms with van der Waals surface area (Å²) in [5.41, 5.74) is 2.64. The quantitative estimate of drug-likeness (QED) is 0.801. The van der Waals surface area contributed by atoms with E-state index in [0.29, 0.717) is 23.5 Å². The minimum atomic E-state index is -0.400. The van der Waals surface area contributed by atoms with Crippen molar-refractivity contribution in [2.75, 3.05) is 0 Å². The van der Waals surface area contributed by atoms with Crippen LogP contribution in [0.5, 0.6) is 0 Å². The van der Waals surface area contributed by atoms with E-state index in [4.69, 9.17) is 0 Å². The van der Waals surface area contributed by atoms with Gasteiger partial charge in [-0.1, -0.05) is 37.3 Å². The number of benzene rings is 1. The summed E-state index contributed by atoms with van der Waals surface area (Å²) in [7, 11) is 0. The van der Waals surface area contributed by atoms with Gasteiger partial charge < -0.3 is 5.32 Å². The normalized spacial score (nSPS) is 12.3. The van der Waals surface area contributed by atoms with Crippen molar-refractivity contribution in [2.24, 2.45) is 0 Å². The second kappa shape index (κ2) is 6.20. The second-order valence-corrected chi connectivity index (χ2v) is 5.44. The summed E-state index contributed by atoms with van der Waals surface area (Å²) in [5.74, 6) is -0.654. The molecule has 0 saturated heterocycles. The van der Waals surface area contributed by atoms with Gasteiger partial charge in [0, 0.05) is 6.20 Å². The number of imidazole rings is 1. The van der Waals surface area contributed by atoms with Crippen LogP contribution in [0.1, 0.15) is 41.6 Å². The van der Waals surface area contributed by atoms with E-state index in [0.717, 1.165) is 5.56 Å². The first kappa shape index (κ1) is 15.2. The third-order valence-electron chi connectivity index (χ3n) is 3.85.